The van der Waals surface area contributed by atoms with E-state index in [9.17, 15) is 24.3 Å². The van der Waals surface area contributed by atoms with Crippen molar-refractivity contribution in [1.82, 2.24) is 16.0 Å². The van der Waals surface area contributed by atoms with E-state index in [-0.39, 0.29) is 6.42 Å². The summed E-state index contributed by atoms with van der Waals surface area (Å²) in [7, 11) is 0. The average Bonchev–Trinajstić information content (AvgIpc) is 2.59. The SMILES string of the molecule is CSCCC(NC(=O)C(C)N)C(=O)NC(CO)C(=O)NC(CO)C(=O)O. The molecular formula is C14H26N4O7S. The molecule has 4 unspecified atom stereocenters. The molecule has 26 heavy (non-hydrogen) atoms. The molecule has 0 fully saturated rings. The molecule has 4 atom stereocenters. The molecule has 0 rings (SSSR count). The van der Waals surface area contributed by atoms with Crippen LogP contribution in [0.3, 0.4) is 0 Å². The van der Waals surface area contributed by atoms with Gasteiger partial charge in [0.1, 0.15) is 18.1 Å². The lowest BCUT2D eigenvalue weighted by molar-refractivity contribution is -0.143. The first-order chi connectivity index (χ1) is 12.2. The second kappa shape index (κ2) is 12.5. The Bertz CT molecular complexity index is 504. The van der Waals surface area contributed by atoms with Crippen molar-refractivity contribution in [3.8, 4) is 0 Å². The second-order valence-corrected chi connectivity index (χ2v) is 6.44. The number of aliphatic carboxylic acids is 1. The highest BCUT2D eigenvalue weighted by Gasteiger charge is 2.29. The van der Waals surface area contributed by atoms with Gasteiger partial charge in [-0.2, -0.15) is 11.8 Å². The third-order valence-electron chi connectivity index (χ3n) is 3.27. The van der Waals surface area contributed by atoms with Gasteiger partial charge in [0.25, 0.3) is 0 Å². The molecule has 0 saturated heterocycles. The van der Waals surface area contributed by atoms with Crippen LogP contribution in [0.4, 0.5) is 0 Å². The molecule has 3 amide bonds. The monoisotopic (exact) mass is 394 g/mol. The lowest BCUT2D eigenvalue weighted by Gasteiger charge is -2.23. The molecule has 0 aliphatic carbocycles. The first-order valence-corrected chi connectivity index (χ1v) is 9.17. The molecule has 150 valence electrons. The van der Waals surface area contributed by atoms with Crippen molar-refractivity contribution in [2.75, 3.05) is 25.2 Å². The maximum absolute atomic E-state index is 12.3. The predicted molar refractivity (Wildman–Crippen MR) is 94.2 cm³/mol. The second-order valence-electron chi connectivity index (χ2n) is 5.46. The van der Waals surface area contributed by atoms with Crippen molar-refractivity contribution in [1.29, 1.82) is 0 Å². The van der Waals surface area contributed by atoms with Crippen molar-refractivity contribution in [2.24, 2.45) is 5.73 Å². The van der Waals surface area contributed by atoms with Gasteiger partial charge >= 0.3 is 5.97 Å². The molecule has 0 aliphatic heterocycles. The van der Waals surface area contributed by atoms with Crippen LogP contribution in [0.15, 0.2) is 0 Å². The third-order valence-corrected chi connectivity index (χ3v) is 3.91. The lowest BCUT2D eigenvalue weighted by atomic mass is 10.1. The molecule has 0 saturated carbocycles. The van der Waals surface area contributed by atoms with Gasteiger partial charge in [-0.3, -0.25) is 14.4 Å². The summed E-state index contributed by atoms with van der Waals surface area (Å²) < 4.78 is 0. The number of hydrogen-bond donors (Lipinski definition) is 7. The number of carbonyl (C=O) groups is 4. The van der Waals surface area contributed by atoms with Gasteiger partial charge in [-0.25, -0.2) is 4.79 Å². The zero-order valence-corrected chi connectivity index (χ0v) is 15.4. The van der Waals surface area contributed by atoms with Gasteiger partial charge < -0.3 is 37.0 Å². The summed E-state index contributed by atoms with van der Waals surface area (Å²) >= 11 is 1.44. The van der Waals surface area contributed by atoms with Crippen LogP contribution >= 0.6 is 11.8 Å². The van der Waals surface area contributed by atoms with Crippen molar-refractivity contribution in [3.63, 3.8) is 0 Å². The maximum Gasteiger partial charge on any atom is 0.328 e. The Morgan fingerprint density at radius 1 is 0.923 bits per heavy atom. The van der Waals surface area contributed by atoms with Gasteiger partial charge in [0, 0.05) is 0 Å². The number of amides is 3. The molecule has 0 aromatic rings. The highest BCUT2D eigenvalue weighted by Crippen LogP contribution is 2.02. The fraction of sp³-hybridized carbons (Fsp3) is 0.714. The Hall–Kier alpha value is -1.89. The number of rotatable bonds is 12. The summed E-state index contributed by atoms with van der Waals surface area (Å²) in [6.45, 7) is -0.205. The van der Waals surface area contributed by atoms with Gasteiger partial charge in [-0.1, -0.05) is 0 Å². The Morgan fingerprint density at radius 2 is 1.38 bits per heavy atom. The quantitative estimate of drug-likeness (QED) is 0.177. The first-order valence-electron chi connectivity index (χ1n) is 7.78. The topological polar surface area (TPSA) is 191 Å². The minimum absolute atomic E-state index is 0.264. The maximum atomic E-state index is 12.3. The number of nitrogens with one attached hydrogen (secondary N) is 3. The zero-order chi connectivity index (χ0) is 20.3. The van der Waals surface area contributed by atoms with Gasteiger partial charge in [-0.05, 0) is 25.4 Å². The van der Waals surface area contributed by atoms with Crippen molar-refractivity contribution >= 4 is 35.5 Å². The summed E-state index contributed by atoms with van der Waals surface area (Å²) in [4.78, 5) is 46.9. The molecule has 0 radical (unpaired) electrons. The minimum atomic E-state index is -1.57. The number of carboxylic acids is 1. The molecule has 8 N–H and O–H groups in total. The Morgan fingerprint density at radius 3 is 1.81 bits per heavy atom. The van der Waals surface area contributed by atoms with Crippen molar-refractivity contribution in [2.45, 2.75) is 37.5 Å². The normalized spacial score (nSPS) is 15.3. The van der Waals surface area contributed by atoms with Gasteiger partial charge in [0.05, 0.1) is 19.3 Å². The van der Waals surface area contributed by atoms with Crippen LogP contribution in [-0.2, 0) is 19.2 Å². The van der Waals surface area contributed by atoms with E-state index in [2.05, 4.69) is 10.6 Å². The zero-order valence-electron chi connectivity index (χ0n) is 14.6. The summed E-state index contributed by atoms with van der Waals surface area (Å²) in [5, 5.41) is 33.7. The number of thioether (sulfide) groups is 1. The molecular weight excluding hydrogens is 368 g/mol. The van der Waals surface area contributed by atoms with Crippen molar-refractivity contribution in [3.05, 3.63) is 0 Å². The number of hydrogen-bond acceptors (Lipinski definition) is 8. The minimum Gasteiger partial charge on any atom is -0.480 e. The third kappa shape index (κ3) is 8.47. The lowest BCUT2D eigenvalue weighted by Crippen LogP contribution is -2.58. The van der Waals surface area contributed by atoms with E-state index in [4.69, 9.17) is 15.9 Å². The number of aliphatic hydroxyl groups excluding tert-OH is 2. The molecule has 0 aromatic heterocycles. The van der Waals surface area contributed by atoms with E-state index >= 15 is 0 Å². The van der Waals surface area contributed by atoms with Crippen LogP contribution in [0.1, 0.15) is 13.3 Å². The summed E-state index contributed by atoms with van der Waals surface area (Å²) in [6.07, 6.45) is 2.08. The summed E-state index contributed by atoms with van der Waals surface area (Å²) in [6, 6.07) is -4.83. The van der Waals surface area contributed by atoms with Gasteiger partial charge in [-0.15, -0.1) is 0 Å². The molecule has 0 aliphatic rings. The fourth-order valence-electron chi connectivity index (χ4n) is 1.73. The van der Waals surface area contributed by atoms with Crippen LogP contribution in [0.25, 0.3) is 0 Å². The Balaban J connectivity index is 5.00. The van der Waals surface area contributed by atoms with Gasteiger partial charge in [0.2, 0.25) is 17.7 Å². The first kappa shape index (κ1) is 24.1. The van der Waals surface area contributed by atoms with Crippen LogP contribution in [0.2, 0.25) is 0 Å². The van der Waals surface area contributed by atoms with E-state index < -0.39 is 61.1 Å². The Labute approximate surface area is 155 Å². The van der Waals surface area contributed by atoms with E-state index in [1.165, 1.54) is 18.7 Å². The highest BCUT2D eigenvalue weighted by molar-refractivity contribution is 7.98. The van der Waals surface area contributed by atoms with Crippen molar-refractivity contribution < 1.29 is 34.5 Å². The number of carbonyl (C=O) groups excluding carboxylic acids is 3. The molecule has 0 aromatic carbocycles. The largest absolute Gasteiger partial charge is 0.480 e. The van der Waals surface area contributed by atoms with E-state index in [0.29, 0.717) is 5.75 Å². The molecule has 12 heteroatoms. The summed E-state index contributed by atoms with van der Waals surface area (Å²) in [5.74, 6) is -3.19. The van der Waals surface area contributed by atoms with E-state index in [1.807, 2.05) is 11.6 Å². The molecule has 0 heterocycles. The fourth-order valence-corrected chi connectivity index (χ4v) is 2.20. The van der Waals surface area contributed by atoms with E-state index in [1.54, 1.807) is 0 Å². The summed E-state index contributed by atoms with van der Waals surface area (Å²) in [5.41, 5.74) is 5.45. The number of nitrogens with two attached hydrogens (primary N) is 1. The van der Waals surface area contributed by atoms with Crippen LogP contribution in [-0.4, -0.2) is 88.4 Å². The Kier molecular flexibility index (Phi) is 11.6. The molecule has 0 bridgehead atoms. The van der Waals surface area contributed by atoms with Gasteiger partial charge in [0.15, 0.2) is 0 Å². The molecule has 11 nitrogen and oxygen atoms in total. The molecule has 0 spiro atoms. The number of aliphatic hydroxyl groups is 2. The standard InChI is InChI=1S/C14H26N4O7S/c1-7(15)11(21)16-8(3-4-26-2)12(22)17-9(5-19)13(23)18-10(6-20)14(24)25/h7-10,19-20H,3-6,15H2,1-2H3,(H,16,21)(H,17,22)(H,18,23)(H,24,25). The number of carboxylic acid groups (broad SMARTS) is 1. The van der Waals surface area contributed by atoms with E-state index in [0.717, 1.165) is 0 Å². The average molecular weight is 394 g/mol. The van der Waals surface area contributed by atoms with Crippen LogP contribution in [0, 0.1) is 0 Å². The highest BCUT2D eigenvalue weighted by atomic mass is 32.2. The smallest absolute Gasteiger partial charge is 0.328 e. The van der Waals surface area contributed by atoms with Crippen LogP contribution < -0.4 is 21.7 Å². The van der Waals surface area contributed by atoms with Crippen LogP contribution in [0.5, 0.6) is 0 Å². The predicted octanol–water partition coefficient (Wildman–Crippen LogP) is -3.39.